The van der Waals surface area contributed by atoms with Gasteiger partial charge in [0.25, 0.3) is 0 Å². The molecule has 0 spiro atoms. The molecule has 0 radical (unpaired) electrons. The molecule has 26 heavy (non-hydrogen) atoms. The van der Waals surface area contributed by atoms with E-state index in [-0.39, 0.29) is 24.7 Å². The summed E-state index contributed by atoms with van der Waals surface area (Å²) in [7, 11) is -3.68. The number of fused-ring (bicyclic) bond motifs is 1. The minimum Gasteiger partial charge on any atom is -0.454 e. The fourth-order valence-electron chi connectivity index (χ4n) is 2.38. The molecule has 1 aromatic carbocycles. The van der Waals surface area contributed by atoms with Crippen LogP contribution in [0.4, 0.5) is 0 Å². The van der Waals surface area contributed by atoms with Crippen molar-refractivity contribution in [2.45, 2.75) is 11.3 Å². The predicted molar refractivity (Wildman–Crippen MR) is 89.0 cm³/mol. The fourth-order valence-corrected chi connectivity index (χ4v) is 3.43. The molecule has 1 aliphatic rings. The molecular formula is C16H14N4O5S. The highest BCUT2D eigenvalue weighted by atomic mass is 32.2. The normalized spacial score (nSPS) is 13.1. The van der Waals surface area contributed by atoms with Crippen LogP contribution >= 0.6 is 0 Å². The van der Waals surface area contributed by atoms with Gasteiger partial charge in [-0.2, -0.15) is 0 Å². The Labute approximate surface area is 149 Å². The Balaban J connectivity index is 1.39. The molecule has 4 rings (SSSR count). The Bertz CT molecular complexity index is 1020. The van der Waals surface area contributed by atoms with Crippen molar-refractivity contribution in [1.82, 2.24) is 19.9 Å². The van der Waals surface area contributed by atoms with Crippen LogP contribution in [0.15, 0.2) is 52.0 Å². The van der Waals surface area contributed by atoms with E-state index in [0.717, 1.165) is 0 Å². The molecule has 1 aliphatic heterocycles. The highest BCUT2D eigenvalue weighted by Gasteiger charge is 2.20. The van der Waals surface area contributed by atoms with Crippen molar-refractivity contribution < 1.29 is 22.3 Å². The number of rotatable bonds is 6. The van der Waals surface area contributed by atoms with Gasteiger partial charge in [0.2, 0.25) is 28.6 Å². The van der Waals surface area contributed by atoms with E-state index in [9.17, 15) is 8.42 Å². The zero-order valence-corrected chi connectivity index (χ0v) is 14.3. The van der Waals surface area contributed by atoms with Gasteiger partial charge in [-0.25, -0.2) is 13.1 Å². The van der Waals surface area contributed by atoms with Crippen molar-refractivity contribution in [3.8, 4) is 23.0 Å². The molecule has 10 heteroatoms. The largest absolute Gasteiger partial charge is 0.454 e. The zero-order chi connectivity index (χ0) is 18.0. The second-order valence-corrected chi connectivity index (χ2v) is 7.17. The Hall–Kier alpha value is -2.98. The lowest BCUT2D eigenvalue weighted by Gasteiger charge is -2.06. The van der Waals surface area contributed by atoms with Gasteiger partial charge in [0, 0.05) is 31.4 Å². The summed E-state index contributed by atoms with van der Waals surface area (Å²) in [5, 5.41) is 7.85. The lowest BCUT2D eigenvalue weighted by atomic mass is 10.3. The third-order valence-corrected chi connectivity index (χ3v) is 5.12. The smallest absolute Gasteiger partial charge is 0.249 e. The van der Waals surface area contributed by atoms with E-state index in [4.69, 9.17) is 13.9 Å². The Morgan fingerprint density at radius 2 is 2.00 bits per heavy atom. The molecule has 0 amide bonds. The van der Waals surface area contributed by atoms with Gasteiger partial charge < -0.3 is 13.9 Å². The summed E-state index contributed by atoms with van der Waals surface area (Å²) in [6.45, 7) is 0.203. The van der Waals surface area contributed by atoms with Crippen molar-refractivity contribution >= 4 is 10.0 Å². The first-order chi connectivity index (χ1) is 12.6. The van der Waals surface area contributed by atoms with Crippen LogP contribution in [0.5, 0.6) is 11.5 Å². The SMILES string of the molecule is O=S(=O)(NCCc1nnc(-c2cccnc2)o1)c1ccc2c(c1)OCO2. The second kappa shape index (κ2) is 6.73. The summed E-state index contributed by atoms with van der Waals surface area (Å²) < 4.78 is 43.1. The lowest BCUT2D eigenvalue weighted by Crippen LogP contribution is -2.26. The molecule has 3 heterocycles. The number of sulfonamides is 1. The fraction of sp³-hybridized carbons (Fsp3) is 0.188. The molecule has 2 aromatic heterocycles. The summed E-state index contributed by atoms with van der Waals surface area (Å²) >= 11 is 0. The number of ether oxygens (including phenoxy) is 2. The van der Waals surface area contributed by atoms with Gasteiger partial charge in [-0.05, 0) is 24.3 Å². The van der Waals surface area contributed by atoms with Crippen molar-refractivity contribution in [2.75, 3.05) is 13.3 Å². The molecule has 0 bridgehead atoms. The lowest BCUT2D eigenvalue weighted by molar-refractivity contribution is 0.174. The van der Waals surface area contributed by atoms with Gasteiger partial charge in [-0.3, -0.25) is 4.98 Å². The van der Waals surface area contributed by atoms with Gasteiger partial charge in [-0.15, -0.1) is 10.2 Å². The minimum atomic E-state index is -3.68. The number of hydrogen-bond acceptors (Lipinski definition) is 8. The first-order valence-electron chi connectivity index (χ1n) is 7.74. The predicted octanol–water partition coefficient (Wildman–Crippen LogP) is 1.38. The van der Waals surface area contributed by atoms with Crippen molar-refractivity contribution in [2.24, 2.45) is 0 Å². The first-order valence-corrected chi connectivity index (χ1v) is 9.22. The van der Waals surface area contributed by atoms with Gasteiger partial charge in [0.05, 0.1) is 10.5 Å². The summed E-state index contributed by atoms with van der Waals surface area (Å²) in [5.74, 6) is 1.60. The number of hydrogen-bond donors (Lipinski definition) is 1. The number of nitrogens with zero attached hydrogens (tertiary/aromatic N) is 3. The van der Waals surface area contributed by atoms with Crippen LogP contribution in [0, 0.1) is 0 Å². The van der Waals surface area contributed by atoms with Gasteiger partial charge in [0.1, 0.15) is 0 Å². The van der Waals surface area contributed by atoms with Crippen LogP contribution in [0.25, 0.3) is 11.5 Å². The van der Waals surface area contributed by atoms with Crippen LogP contribution in [-0.2, 0) is 16.4 Å². The quantitative estimate of drug-likeness (QED) is 0.688. The van der Waals surface area contributed by atoms with Crippen LogP contribution in [0.1, 0.15) is 5.89 Å². The number of pyridine rings is 1. The molecule has 1 N–H and O–H groups in total. The van der Waals surface area contributed by atoms with Crippen LogP contribution in [-0.4, -0.2) is 36.9 Å². The van der Waals surface area contributed by atoms with Gasteiger partial charge in [0.15, 0.2) is 11.5 Å². The van der Waals surface area contributed by atoms with E-state index in [1.807, 2.05) is 0 Å². The molecule has 134 valence electrons. The van der Waals surface area contributed by atoms with Crippen LogP contribution < -0.4 is 14.2 Å². The van der Waals surface area contributed by atoms with E-state index in [0.29, 0.717) is 28.8 Å². The molecule has 0 unspecified atom stereocenters. The molecular weight excluding hydrogens is 360 g/mol. The van der Waals surface area contributed by atoms with Gasteiger partial charge >= 0.3 is 0 Å². The average Bonchev–Trinajstić information content (AvgIpc) is 3.31. The van der Waals surface area contributed by atoms with E-state index in [1.54, 1.807) is 30.6 Å². The third kappa shape index (κ3) is 3.37. The molecule has 0 atom stereocenters. The number of nitrogens with one attached hydrogen (secondary N) is 1. The highest BCUT2D eigenvalue weighted by Crippen LogP contribution is 2.33. The minimum absolute atomic E-state index is 0.0860. The van der Waals surface area contributed by atoms with E-state index >= 15 is 0 Å². The Morgan fingerprint density at radius 1 is 1.12 bits per heavy atom. The van der Waals surface area contributed by atoms with Crippen molar-refractivity contribution in [1.29, 1.82) is 0 Å². The second-order valence-electron chi connectivity index (χ2n) is 5.41. The van der Waals surface area contributed by atoms with Crippen LogP contribution in [0.3, 0.4) is 0 Å². The summed E-state index contributed by atoms with van der Waals surface area (Å²) in [5.41, 5.74) is 0.701. The van der Waals surface area contributed by atoms with Crippen molar-refractivity contribution in [3.05, 3.63) is 48.6 Å². The maximum Gasteiger partial charge on any atom is 0.249 e. The summed E-state index contributed by atoms with van der Waals surface area (Å²) in [4.78, 5) is 4.08. The summed E-state index contributed by atoms with van der Waals surface area (Å²) in [6.07, 6.45) is 3.52. The van der Waals surface area contributed by atoms with E-state index in [1.165, 1.54) is 12.1 Å². The van der Waals surface area contributed by atoms with Crippen LogP contribution in [0.2, 0.25) is 0 Å². The standard InChI is InChI=1S/C16H14N4O5S/c21-26(22,12-3-4-13-14(8-12)24-10-23-13)18-7-5-15-19-20-16(25-15)11-2-1-6-17-9-11/h1-4,6,8-9,18H,5,7,10H2. The zero-order valence-electron chi connectivity index (χ0n) is 13.5. The maximum atomic E-state index is 12.4. The van der Waals surface area contributed by atoms with Crippen molar-refractivity contribution in [3.63, 3.8) is 0 Å². The first kappa shape index (κ1) is 16.5. The van der Waals surface area contributed by atoms with E-state index < -0.39 is 10.0 Å². The molecule has 3 aromatic rings. The average molecular weight is 374 g/mol. The molecule has 0 saturated heterocycles. The molecule has 0 aliphatic carbocycles. The topological polar surface area (TPSA) is 116 Å². The molecule has 0 fully saturated rings. The highest BCUT2D eigenvalue weighted by molar-refractivity contribution is 7.89. The number of benzene rings is 1. The third-order valence-electron chi connectivity index (χ3n) is 3.66. The monoisotopic (exact) mass is 374 g/mol. The van der Waals surface area contributed by atoms with Gasteiger partial charge in [-0.1, -0.05) is 0 Å². The van der Waals surface area contributed by atoms with E-state index in [2.05, 4.69) is 19.9 Å². The Kier molecular flexibility index (Phi) is 4.27. The Morgan fingerprint density at radius 3 is 2.85 bits per heavy atom. The summed E-state index contributed by atoms with van der Waals surface area (Å²) in [6, 6.07) is 8.02. The number of aromatic nitrogens is 3. The maximum absolute atomic E-state index is 12.4. The molecule has 9 nitrogen and oxygen atoms in total. The molecule has 0 saturated carbocycles.